The molecule has 0 unspecified atom stereocenters. The summed E-state index contributed by atoms with van der Waals surface area (Å²) in [6, 6.07) is 11.4. The van der Waals surface area contributed by atoms with Gasteiger partial charge < -0.3 is 4.57 Å². The molecule has 3 nitrogen and oxygen atoms in total. The first-order chi connectivity index (χ1) is 7.44. The Hall–Kier alpha value is -0.658. The smallest absolute Gasteiger partial charge is 0.0949 e. The van der Waals surface area contributed by atoms with Gasteiger partial charge in [0.15, 0.2) is 0 Å². The van der Waals surface area contributed by atoms with E-state index in [1.54, 1.807) is 20.8 Å². The summed E-state index contributed by atoms with van der Waals surface area (Å²) in [6.07, 6.45) is 1.95. The Morgan fingerprint density at radius 1 is 1.24 bits per heavy atom. The van der Waals surface area contributed by atoms with Crippen LogP contribution in [0.15, 0.2) is 30.5 Å². The van der Waals surface area contributed by atoms with Gasteiger partial charge in [0.1, 0.15) is 0 Å². The third kappa shape index (κ3) is 5.47. The van der Waals surface area contributed by atoms with Gasteiger partial charge in [-0.3, -0.25) is 5.26 Å². The first-order valence-corrected chi connectivity index (χ1v) is 5.18. The van der Waals surface area contributed by atoms with Gasteiger partial charge in [-0.15, -0.1) is 6.07 Å². The Labute approximate surface area is 116 Å². The van der Waals surface area contributed by atoms with E-state index in [0.717, 1.165) is 0 Å². The third-order valence-corrected chi connectivity index (χ3v) is 1.97. The molecule has 0 radical (unpaired) electrons. The summed E-state index contributed by atoms with van der Waals surface area (Å²) >= 11 is 0. The average Bonchev–Trinajstić information content (AvgIpc) is 2.61. The summed E-state index contributed by atoms with van der Waals surface area (Å²) in [4.78, 5) is 3.94. The fourth-order valence-corrected chi connectivity index (χ4v) is 1.14. The van der Waals surface area contributed by atoms with E-state index in [4.69, 9.17) is 5.26 Å². The predicted molar refractivity (Wildman–Crippen MR) is 65.2 cm³/mol. The Balaban J connectivity index is 0.000000324. The van der Waals surface area contributed by atoms with Gasteiger partial charge in [0.05, 0.1) is 5.60 Å². The molecule has 2 aromatic rings. The maximum absolute atomic E-state index is 7.90. The summed E-state index contributed by atoms with van der Waals surface area (Å²) in [6.45, 7) is 5.31. The minimum atomic E-state index is -0.403. The molecular weight excluding hydrogens is 309 g/mol. The van der Waals surface area contributed by atoms with E-state index in [1.165, 1.54) is 10.9 Å². The molecule has 98 valence electrons. The normalized spacial score (nSPS) is 10.4. The minimum Gasteiger partial charge on any atom is -0.414 e. The van der Waals surface area contributed by atoms with E-state index in [9.17, 15) is 0 Å². The van der Waals surface area contributed by atoms with Crippen LogP contribution in [-0.2, 0) is 32.4 Å². The molecule has 0 aliphatic carbocycles. The number of aryl methyl sites for hydroxylation is 1. The van der Waals surface area contributed by atoms with Crippen LogP contribution in [0.2, 0.25) is 0 Å². The molecule has 0 amide bonds. The van der Waals surface area contributed by atoms with E-state index in [2.05, 4.69) is 27.7 Å². The summed E-state index contributed by atoms with van der Waals surface area (Å²) in [5.74, 6) is 0. The molecule has 0 aliphatic rings. The van der Waals surface area contributed by atoms with E-state index in [-0.39, 0.29) is 20.4 Å². The van der Waals surface area contributed by atoms with Gasteiger partial charge in [-0.25, -0.2) is 4.89 Å². The van der Waals surface area contributed by atoms with Crippen LogP contribution in [0.5, 0.6) is 0 Å². The Morgan fingerprint density at radius 3 is 2.24 bits per heavy atom. The first kappa shape index (κ1) is 16.3. The second-order valence-electron chi connectivity index (χ2n) is 4.61. The number of nitrogens with zero attached hydrogens (tertiary/aromatic N) is 1. The number of rotatable bonds is 0. The van der Waals surface area contributed by atoms with Crippen LogP contribution in [-0.4, -0.2) is 15.4 Å². The molecule has 0 saturated carbocycles. The van der Waals surface area contributed by atoms with Crippen molar-refractivity contribution in [3.63, 3.8) is 0 Å². The predicted octanol–water partition coefficient (Wildman–Crippen LogP) is 3.25. The molecule has 1 N–H and O–H groups in total. The van der Waals surface area contributed by atoms with Gasteiger partial charge in [-0.1, -0.05) is 23.8 Å². The molecule has 0 fully saturated rings. The van der Waals surface area contributed by atoms with Crippen LogP contribution >= 0.6 is 0 Å². The summed E-state index contributed by atoms with van der Waals surface area (Å²) in [5.41, 5.74) is 0.836. The molecule has 1 aromatic heterocycles. The van der Waals surface area contributed by atoms with Crippen LogP contribution in [0, 0.1) is 6.07 Å². The van der Waals surface area contributed by atoms with Crippen LogP contribution in [0.1, 0.15) is 20.8 Å². The zero-order valence-electron chi connectivity index (χ0n) is 10.5. The Bertz CT molecular complexity index is 446. The SMILES string of the molecule is CC(C)(C)OO.Cn1c[c-]c2ccccc21.[Pd]. The maximum atomic E-state index is 7.90. The summed E-state index contributed by atoms with van der Waals surface area (Å²) < 4.78 is 2.06. The Kier molecular flexibility index (Phi) is 6.66. The van der Waals surface area contributed by atoms with Gasteiger partial charge in [0.2, 0.25) is 0 Å². The second kappa shape index (κ2) is 6.93. The maximum Gasteiger partial charge on any atom is 0.0949 e. The van der Waals surface area contributed by atoms with Crippen LogP contribution in [0.3, 0.4) is 0 Å². The van der Waals surface area contributed by atoms with Crippen molar-refractivity contribution < 1.29 is 30.6 Å². The molecule has 0 saturated heterocycles. The van der Waals surface area contributed by atoms with Crippen LogP contribution < -0.4 is 0 Å². The van der Waals surface area contributed by atoms with Gasteiger partial charge in [0, 0.05) is 20.4 Å². The first-order valence-electron chi connectivity index (χ1n) is 5.18. The molecule has 17 heavy (non-hydrogen) atoms. The van der Waals surface area contributed by atoms with Gasteiger partial charge in [0.25, 0.3) is 0 Å². The molecule has 0 atom stereocenters. The monoisotopic (exact) mass is 326 g/mol. The zero-order valence-corrected chi connectivity index (χ0v) is 12.1. The van der Waals surface area contributed by atoms with Crippen molar-refractivity contribution in [3.8, 4) is 0 Å². The fourth-order valence-electron chi connectivity index (χ4n) is 1.14. The molecule has 0 aliphatic heterocycles. The molecule has 4 heteroatoms. The van der Waals surface area contributed by atoms with Crippen molar-refractivity contribution in [1.82, 2.24) is 4.57 Å². The average molecular weight is 327 g/mol. The summed E-state index contributed by atoms with van der Waals surface area (Å²) in [7, 11) is 2.03. The zero-order chi connectivity index (χ0) is 12.2. The quantitative estimate of drug-likeness (QED) is 0.349. The van der Waals surface area contributed by atoms with Crippen LogP contribution in [0.25, 0.3) is 10.9 Å². The molecule has 1 heterocycles. The molecule has 0 spiro atoms. The van der Waals surface area contributed by atoms with Crippen LogP contribution in [0.4, 0.5) is 0 Å². The molecule has 2 rings (SSSR count). The number of hydrogen-bond acceptors (Lipinski definition) is 2. The van der Waals surface area contributed by atoms with E-state index in [0.29, 0.717) is 0 Å². The van der Waals surface area contributed by atoms with Gasteiger partial charge in [-0.2, -0.15) is 17.5 Å². The standard InChI is InChI=1S/C9H8N.C4H10O2.Pd/c1-10-7-6-8-4-2-3-5-9(8)10;1-4(2,3)6-5;/h2-5,7H,1H3;5H,1-3H3;/q-1;;. The number of para-hydroxylation sites is 1. The molecule has 0 bridgehead atoms. The number of hydrogen-bond donors (Lipinski definition) is 1. The fraction of sp³-hybridized carbons (Fsp3) is 0.385. The Morgan fingerprint density at radius 2 is 1.76 bits per heavy atom. The third-order valence-electron chi connectivity index (χ3n) is 1.97. The van der Waals surface area contributed by atoms with Crippen molar-refractivity contribution in [1.29, 1.82) is 0 Å². The van der Waals surface area contributed by atoms with E-state index < -0.39 is 5.60 Å². The topological polar surface area (TPSA) is 34.4 Å². The van der Waals surface area contributed by atoms with E-state index >= 15 is 0 Å². The number of aromatic nitrogens is 1. The van der Waals surface area contributed by atoms with Crippen molar-refractivity contribution in [2.45, 2.75) is 26.4 Å². The van der Waals surface area contributed by atoms with Gasteiger partial charge in [-0.05, 0) is 27.8 Å². The molecular formula is C13H18NO2Pd-. The van der Waals surface area contributed by atoms with Crippen molar-refractivity contribution >= 4 is 10.9 Å². The van der Waals surface area contributed by atoms with E-state index in [1.807, 2.05) is 25.4 Å². The largest absolute Gasteiger partial charge is 0.414 e. The summed E-state index contributed by atoms with van der Waals surface area (Å²) in [5, 5.41) is 9.09. The van der Waals surface area contributed by atoms with Crippen molar-refractivity contribution in [3.05, 3.63) is 36.5 Å². The van der Waals surface area contributed by atoms with Gasteiger partial charge >= 0.3 is 0 Å². The second-order valence-corrected chi connectivity index (χ2v) is 4.61. The van der Waals surface area contributed by atoms with Crippen molar-refractivity contribution in [2.75, 3.05) is 0 Å². The molecule has 1 aromatic carbocycles. The minimum absolute atomic E-state index is 0. The van der Waals surface area contributed by atoms with Crippen molar-refractivity contribution in [2.24, 2.45) is 7.05 Å². The number of fused-ring (bicyclic) bond motifs is 1. The number of benzene rings is 1.